The average molecular weight is 367 g/mol. The lowest BCUT2D eigenvalue weighted by molar-refractivity contribution is -0.138. The molecule has 25 heavy (non-hydrogen) atoms. The maximum absolute atomic E-state index is 11.8. The number of H-pyrrole nitrogens is 1. The monoisotopic (exact) mass is 366 g/mol. The van der Waals surface area contributed by atoms with Gasteiger partial charge < -0.3 is 15.6 Å². The van der Waals surface area contributed by atoms with E-state index in [-0.39, 0.29) is 34.7 Å². The Bertz CT molecular complexity index is 734. The lowest BCUT2D eigenvalue weighted by Gasteiger charge is -2.55. The molecule has 2 aliphatic rings. The third-order valence-electron chi connectivity index (χ3n) is 5.55. The number of halogens is 1. The van der Waals surface area contributed by atoms with Crippen molar-refractivity contribution in [3.8, 4) is 0 Å². The molecule has 1 aliphatic heterocycles. The summed E-state index contributed by atoms with van der Waals surface area (Å²) in [4.78, 5) is 41.9. The van der Waals surface area contributed by atoms with E-state index in [4.69, 9.17) is 17.3 Å². The molecule has 2 heterocycles. The van der Waals surface area contributed by atoms with Gasteiger partial charge in [-0.1, -0.05) is 0 Å². The highest BCUT2D eigenvalue weighted by molar-refractivity contribution is 6.27. The number of piperazine rings is 1. The van der Waals surface area contributed by atoms with E-state index < -0.39 is 0 Å². The molecule has 2 amide bonds. The van der Waals surface area contributed by atoms with Gasteiger partial charge in [-0.2, -0.15) is 0 Å². The Morgan fingerprint density at radius 1 is 1.32 bits per heavy atom. The Hall–Kier alpha value is -1.86. The van der Waals surface area contributed by atoms with Crippen molar-refractivity contribution in [2.75, 3.05) is 32.1 Å². The van der Waals surface area contributed by atoms with Crippen LogP contribution in [0.15, 0.2) is 17.1 Å². The number of hydrogen-bond donors (Lipinski definition) is 2. The number of nitrogens with two attached hydrogens (primary N) is 1. The standard InChI is InChI=1S/C17H23ClN4O3/c1-11-6-13(10-20-16(11)25)17(7-12(8-17)15(19)24)22-4-2-21(3-5-22)14(23)9-18/h6,10,12H,2-5,7-9H2,1H3,(H2,19,24)(H,20,25). The molecule has 1 saturated heterocycles. The van der Waals surface area contributed by atoms with Gasteiger partial charge in [-0.3, -0.25) is 19.3 Å². The fourth-order valence-electron chi connectivity index (χ4n) is 3.97. The largest absolute Gasteiger partial charge is 0.369 e. The molecule has 0 spiro atoms. The number of nitrogens with zero attached hydrogens (tertiary/aromatic N) is 2. The molecule has 136 valence electrons. The number of aromatic amines is 1. The number of primary amides is 1. The zero-order valence-corrected chi connectivity index (χ0v) is 15.0. The molecule has 1 aromatic heterocycles. The second kappa shape index (κ2) is 6.80. The van der Waals surface area contributed by atoms with Gasteiger partial charge in [0, 0.05) is 49.4 Å². The third kappa shape index (κ3) is 3.18. The molecule has 3 N–H and O–H groups in total. The second-order valence-electron chi connectivity index (χ2n) is 6.94. The number of aryl methyl sites for hydroxylation is 1. The van der Waals surface area contributed by atoms with Gasteiger partial charge in [-0.25, -0.2) is 0 Å². The molecule has 1 aromatic rings. The van der Waals surface area contributed by atoms with Crippen LogP contribution in [0.1, 0.15) is 24.0 Å². The predicted molar refractivity (Wildman–Crippen MR) is 94.3 cm³/mol. The topological polar surface area (TPSA) is 99.5 Å². The highest BCUT2D eigenvalue weighted by atomic mass is 35.5. The Morgan fingerprint density at radius 3 is 2.48 bits per heavy atom. The number of carbonyl (C=O) groups is 2. The molecule has 0 atom stereocenters. The zero-order valence-electron chi connectivity index (χ0n) is 14.3. The van der Waals surface area contributed by atoms with Crippen molar-refractivity contribution in [3.05, 3.63) is 33.7 Å². The second-order valence-corrected chi connectivity index (χ2v) is 7.21. The van der Waals surface area contributed by atoms with E-state index in [9.17, 15) is 14.4 Å². The number of amides is 2. The summed E-state index contributed by atoms with van der Waals surface area (Å²) in [5.41, 5.74) is 6.70. The molecule has 1 saturated carbocycles. The third-order valence-corrected chi connectivity index (χ3v) is 5.78. The summed E-state index contributed by atoms with van der Waals surface area (Å²) in [6, 6.07) is 1.90. The Balaban J connectivity index is 1.84. The van der Waals surface area contributed by atoms with E-state index in [1.54, 1.807) is 18.0 Å². The van der Waals surface area contributed by atoms with Crippen molar-refractivity contribution >= 4 is 23.4 Å². The van der Waals surface area contributed by atoms with Gasteiger partial charge in [-0.05, 0) is 31.4 Å². The summed E-state index contributed by atoms with van der Waals surface area (Å²) < 4.78 is 0. The molecule has 3 rings (SSSR count). The fraction of sp³-hybridized carbons (Fsp3) is 0.588. The van der Waals surface area contributed by atoms with Crippen LogP contribution in [-0.2, 0) is 15.1 Å². The molecule has 0 bridgehead atoms. The minimum absolute atomic E-state index is 0.00594. The molecular weight excluding hydrogens is 344 g/mol. The van der Waals surface area contributed by atoms with E-state index in [1.165, 1.54) is 0 Å². The molecule has 8 heteroatoms. The van der Waals surface area contributed by atoms with Gasteiger partial charge in [-0.15, -0.1) is 11.6 Å². The van der Waals surface area contributed by atoms with Gasteiger partial charge in [0.25, 0.3) is 5.56 Å². The first-order valence-corrected chi connectivity index (χ1v) is 8.99. The van der Waals surface area contributed by atoms with Crippen LogP contribution in [0, 0.1) is 12.8 Å². The van der Waals surface area contributed by atoms with E-state index in [2.05, 4.69) is 9.88 Å². The maximum Gasteiger partial charge on any atom is 0.250 e. The number of aromatic nitrogens is 1. The van der Waals surface area contributed by atoms with E-state index in [0.717, 1.165) is 5.56 Å². The Morgan fingerprint density at radius 2 is 1.96 bits per heavy atom. The maximum atomic E-state index is 11.8. The first-order chi connectivity index (χ1) is 11.9. The smallest absolute Gasteiger partial charge is 0.250 e. The minimum atomic E-state index is -0.315. The van der Waals surface area contributed by atoms with Crippen LogP contribution in [0.4, 0.5) is 0 Å². The van der Waals surface area contributed by atoms with Crippen LogP contribution >= 0.6 is 11.6 Å². The summed E-state index contributed by atoms with van der Waals surface area (Å²) >= 11 is 5.64. The highest BCUT2D eigenvalue weighted by Crippen LogP contribution is 2.50. The molecule has 7 nitrogen and oxygen atoms in total. The summed E-state index contributed by atoms with van der Waals surface area (Å²) in [6.45, 7) is 4.39. The van der Waals surface area contributed by atoms with Crippen LogP contribution in [0.2, 0.25) is 0 Å². The number of nitrogens with one attached hydrogen (secondary N) is 1. The van der Waals surface area contributed by atoms with Crippen molar-refractivity contribution in [1.82, 2.24) is 14.8 Å². The lowest BCUT2D eigenvalue weighted by Crippen LogP contribution is -2.62. The number of alkyl halides is 1. The zero-order chi connectivity index (χ0) is 18.2. The van der Waals surface area contributed by atoms with Crippen LogP contribution in [0.5, 0.6) is 0 Å². The molecule has 0 unspecified atom stereocenters. The van der Waals surface area contributed by atoms with Crippen molar-refractivity contribution in [2.24, 2.45) is 11.7 Å². The van der Waals surface area contributed by atoms with E-state index >= 15 is 0 Å². The average Bonchev–Trinajstić information content (AvgIpc) is 2.56. The summed E-state index contributed by atoms with van der Waals surface area (Å²) in [5.74, 6) is -0.505. The van der Waals surface area contributed by atoms with E-state index in [1.807, 2.05) is 6.07 Å². The first kappa shape index (κ1) is 17.9. The van der Waals surface area contributed by atoms with Gasteiger partial charge in [0.2, 0.25) is 11.8 Å². The fourth-order valence-corrected chi connectivity index (χ4v) is 4.14. The SMILES string of the molecule is Cc1cc(C2(N3CCN(C(=O)CCl)CC3)CC(C(N)=O)C2)c[nH]c1=O. The predicted octanol–water partition coefficient (Wildman–Crippen LogP) is 0.157. The Labute approximate surface area is 151 Å². The molecule has 0 radical (unpaired) electrons. The lowest BCUT2D eigenvalue weighted by atomic mass is 9.63. The van der Waals surface area contributed by atoms with Crippen LogP contribution < -0.4 is 11.3 Å². The van der Waals surface area contributed by atoms with Crippen LogP contribution in [0.25, 0.3) is 0 Å². The van der Waals surface area contributed by atoms with Crippen LogP contribution in [0.3, 0.4) is 0 Å². The normalized spacial score (nSPS) is 27.0. The number of carbonyl (C=O) groups excluding carboxylic acids is 2. The van der Waals surface area contributed by atoms with Crippen LogP contribution in [-0.4, -0.2) is 58.7 Å². The van der Waals surface area contributed by atoms with Crippen molar-refractivity contribution in [1.29, 1.82) is 0 Å². The molecule has 1 aliphatic carbocycles. The quantitative estimate of drug-likeness (QED) is 0.741. The molecule has 0 aromatic carbocycles. The van der Waals surface area contributed by atoms with Gasteiger partial charge in [0.15, 0.2) is 0 Å². The highest BCUT2D eigenvalue weighted by Gasteiger charge is 2.52. The minimum Gasteiger partial charge on any atom is -0.369 e. The van der Waals surface area contributed by atoms with E-state index in [0.29, 0.717) is 44.6 Å². The number of rotatable bonds is 4. The summed E-state index contributed by atoms with van der Waals surface area (Å²) in [7, 11) is 0. The van der Waals surface area contributed by atoms with Gasteiger partial charge in [0.1, 0.15) is 5.88 Å². The first-order valence-electron chi connectivity index (χ1n) is 8.45. The van der Waals surface area contributed by atoms with Crippen molar-refractivity contribution in [2.45, 2.75) is 25.3 Å². The van der Waals surface area contributed by atoms with Crippen molar-refractivity contribution < 1.29 is 9.59 Å². The van der Waals surface area contributed by atoms with Gasteiger partial charge in [0.05, 0.1) is 0 Å². The Kier molecular flexibility index (Phi) is 4.88. The molecular formula is C17H23ClN4O3. The number of hydrogen-bond acceptors (Lipinski definition) is 4. The summed E-state index contributed by atoms with van der Waals surface area (Å²) in [5, 5.41) is 0. The van der Waals surface area contributed by atoms with Gasteiger partial charge >= 0.3 is 0 Å². The summed E-state index contributed by atoms with van der Waals surface area (Å²) in [6.07, 6.45) is 3.01. The number of pyridine rings is 1. The molecule has 2 fully saturated rings. The van der Waals surface area contributed by atoms with Crippen molar-refractivity contribution in [3.63, 3.8) is 0 Å².